The number of nitrogens with zero attached hydrogens (tertiary/aromatic N) is 1. The van der Waals surface area contributed by atoms with Crippen molar-refractivity contribution >= 4 is 34.8 Å². The van der Waals surface area contributed by atoms with Gasteiger partial charge in [-0.15, -0.1) is 0 Å². The molecule has 0 atom stereocenters. The van der Waals surface area contributed by atoms with E-state index in [1.165, 1.54) is 6.21 Å². The quantitative estimate of drug-likeness (QED) is 0.185. The molecule has 0 aliphatic carbocycles. The summed E-state index contributed by atoms with van der Waals surface area (Å²) in [5, 5.41) is 8.24. The van der Waals surface area contributed by atoms with Gasteiger partial charge < -0.3 is 10.1 Å². The second-order valence-electron chi connectivity index (χ2n) is 7.83. The van der Waals surface area contributed by atoms with Crippen LogP contribution in [0.25, 0.3) is 10.8 Å². The van der Waals surface area contributed by atoms with Crippen molar-refractivity contribution < 1.29 is 19.1 Å². The van der Waals surface area contributed by atoms with Crippen LogP contribution in [0.3, 0.4) is 0 Å². The molecule has 0 unspecified atom stereocenters. The Kier molecular flexibility index (Phi) is 7.28. The predicted octanol–water partition coefficient (Wildman–Crippen LogP) is 4.25. The van der Waals surface area contributed by atoms with Crippen LogP contribution in [0.15, 0.2) is 96.1 Å². The summed E-state index contributed by atoms with van der Waals surface area (Å²) in [7, 11) is 0. The Morgan fingerprint density at radius 2 is 1.63 bits per heavy atom. The molecule has 4 aromatic carbocycles. The third-order valence-electron chi connectivity index (χ3n) is 5.19. The van der Waals surface area contributed by atoms with Crippen molar-refractivity contribution in [3.63, 3.8) is 0 Å². The molecule has 0 aliphatic rings. The van der Waals surface area contributed by atoms with E-state index in [-0.39, 0.29) is 12.5 Å². The van der Waals surface area contributed by atoms with Crippen molar-refractivity contribution in [2.45, 2.75) is 6.92 Å². The first kappa shape index (κ1) is 23.4. The lowest BCUT2D eigenvalue weighted by atomic mass is 10.0. The van der Waals surface area contributed by atoms with Gasteiger partial charge in [-0.25, -0.2) is 10.2 Å². The molecule has 0 fully saturated rings. The summed E-state index contributed by atoms with van der Waals surface area (Å²) in [4.78, 5) is 36.7. The van der Waals surface area contributed by atoms with Gasteiger partial charge in [0, 0.05) is 5.56 Å². The lowest BCUT2D eigenvalue weighted by molar-refractivity contribution is -0.120. The van der Waals surface area contributed by atoms with E-state index >= 15 is 0 Å². The molecule has 0 aliphatic heterocycles. The van der Waals surface area contributed by atoms with Crippen molar-refractivity contribution in [1.29, 1.82) is 0 Å². The highest BCUT2D eigenvalue weighted by Gasteiger charge is 2.12. The van der Waals surface area contributed by atoms with Crippen molar-refractivity contribution in [3.05, 3.63) is 113 Å². The van der Waals surface area contributed by atoms with E-state index in [4.69, 9.17) is 4.74 Å². The molecule has 7 heteroatoms. The van der Waals surface area contributed by atoms with Crippen LogP contribution in [0.2, 0.25) is 0 Å². The van der Waals surface area contributed by atoms with Gasteiger partial charge in [0.2, 0.25) is 0 Å². The number of hydrogen-bond acceptors (Lipinski definition) is 5. The van der Waals surface area contributed by atoms with Crippen LogP contribution < -0.4 is 15.5 Å². The van der Waals surface area contributed by atoms with Crippen LogP contribution >= 0.6 is 0 Å². The van der Waals surface area contributed by atoms with Gasteiger partial charge in [0.05, 0.1) is 18.3 Å². The summed E-state index contributed by atoms with van der Waals surface area (Å²) < 4.78 is 5.51. The van der Waals surface area contributed by atoms with Crippen LogP contribution in [-0.4, -0.2) is 30.5 Å². The zero-order chi connectivity index (χ0) is 24.6. The van der Waals surface area contributed by atoms with Gasteiger partial charge >= 0.3 is 5.97 Å². The molecule has 2 N–H and O–H groups in total. The first-order valence-corrected chi connectivity index (χ1v) is 11.0. The lowest BCUT2D eigenvalue weighted by Crippen LogP contribution is -2.34. The summed E-state index contributed by atoms with van der Waals surface area (Å²) in [6.45, 7) is 1.69. The van der Waals surface area contributed by atoms with Crippen molar-refractivity contribution in [2.24, 2.45) is 5.10 Å². The normalized spacial score (nSPS) is 10.8. The monoisotopic (exact) mass is 465 g/mol. The van der Waals surface area contributed by atoms with Gasteiger partial charge in [-0.05, 0) is 65.7 Å². The molecule has 35 heavy (non-hydrogen) atoms. The molecule has 4 aromatic rings. The Morgan fingerprint density at radius 3 is 2.43 bits per heavy atom. The minimum Gasteiger partial charge on any atom is -0.423 e. The zero-order valence-electron chi connectivity index (χ0n) is 19.0. The number of fused-ring (bicyclic) bond motifs is 1. The Bertz CT molecular complexity index is 1410. The summed E-state index contributed by atoms with van der Waals surface area (Å²) in [5.74, 6) is -0.837. The zero-order valence-corrected chi connectivity index (χ0v) is 19.0. The maximum Gasteiger partial charge on any atom is 0.344 e. The highest BCUT2D eigenvalue weighted by molar-refractivity contribution is 6.05. The Balaban J connectivity index is 1.28. The smallest absolute Gasteiger partial charge is 0.344 e. The molecule has 0 aromatic heterocycles. The Hall–Kier alpha value is -4.78. The second-order valence-corrected chi connectivity index (χ2v) is 7.83. The lowest BCUT2D eigenvalue weighted by Gasteiger charge is -2.07. The molecule has 4 rings (SSSR count). The van der Waals surface area contributed by atoms with Crippen molar-refractivity contribution in [2.75, 3.05) is 6.54 Å². The van der Waals surface area contributed by atoms with Gasteiger partial charge in [0.25, 0.3) is 11.8 Å². The second kappa shape index (κ2) is 10.9. The van der Waals surface area contributed by atoms with Crippen molar-refractivity contribution in [3.8, 4) is 5.75 Å². The maximum atomic E-state index is 12.7. The molecule has 0 bridgehead atoms. The van der Waals surface area contributed by atoms with Crippen LogP contribution in [0.4, 0.5) is 0 Å². The van der Waals surface area contributed by atoms with Crippen LogP contribution in [0, 0.1) is 6.92 Å². The summed E-state index contributed by atoms with van der Waals surface area (Å²) in [5.41, 5.74) is 5.00. The number of aryl methyl sites for hydroxylation is 1. The average Bonchev–Trinajstić information content (AvgIpc) is 2.88. The molecular formula is C28H23N3O4. The number of carbonyl (C=O) groups is 3. The van der Waals surface area contributed by atoms with E-state index in [1.807, 2.05) is 49.4 Å². The number of amides is 2. The number of hydrogen-bond donors (Lipinski definition) is 2. The van der Waals surface area contributed by atoms with Gasteiger partial charge in [0.1, 0.15) is 5.75 Å². The third kappa shape index (κ3) is 6.17. The molecular weight excluding hydrogens is 442 g/mol. The minimum absolute atomic E-state index is 0.201. The Labute approximate surface area is 202 Å². The molecule has 0 radical (unpaired) electrons. The predicted molar refractivity (Wildman–Crippen MR) is 135 cm³/mol. The summed E-state index contributed by atoms with van der Waals surface area (Å²) in [6.07, 6.45) is 1.45. The maximum absolute atomic E-state index is 12.7. The highest BCUT2D eigenvalue weighted by atomic mass is 16.5. The number of hydrazone groups is 1. The van der Waals surface area contributed by atoms with Crippen LogP contribution in [0.1, 0.15) is 31.8 Å². The molecule has 0 saturated heterocycles. The van der Waals surface area contributed by atoms with Crippen LogP contribution in [-0.2, 0) is 4.79 Å². The van der Waals surface area contributed by atoms with E-state index in [1.54, 1.807) is 48.5 Å². The average molecular weight is 466 g/mol. The standard InChI is InChI=1S/C28H23N3O4/c1-19-6-4-9-22(16-19)27(33)29-18-26(32)31-30-17-20-12-14-23(15-13-20)35-28(34)25-11-5-8-21-7-2-3-10-24(21)25/h2-17H,18H2,1H3,(H,29,33)(H,31,32)/b30-17-. The largest absolute Gasteiger partial charge is 0.423 e. The number of carbonyl (C=O) groups excluding carboxylic acids is 3. The molecule has 174 valence electrons. The van der Waals surface area contributed by atoms with E-state index in [0.29, 0.717) is 22.4 Å². The number of nitrogens with one attached hydrogen (secondary N) is 2. The van der Waals surface area contributed by atoms with Gasteiger partial charge in [-0.3, -0.25) is 9.59 Å². The van der Waals surface area contributed by atoms with E-state index in [9.17, 15) is 14.4 Å². The van der Waals surface area contributed by atoms with Gasteiger partial charge in [0.15, 0.2) is 0 Å². The van der Waals surface area contributed by atoms with Crippen LogP contribution in [0.5, 0.6) is 5.75 Å². The number of rotatable bonds is 7. The fourth-order valence-electron chi connectivity index (χ4n) is 3.45. The van der Waals surface area contributed by atoms with Gasteiger partial charge in [-0.1, -0.05) is 54.1 Å². The first-order chi connectivity index (χ1) is 17.0. The van der Waals surface area contributed by atoms with E-state index in [2.05, 4.69) is 15.8 Å². The van der Waals surface area contributed by atoms with Crippen molar-refractivity contribution in [1.82, 2.24) is 10.7 Å². The molecule has 0 saturated carbocycles. The highest BCUT2D eigenvalue weighted by Crippen LogP contribution is 2.21. The molecule has 0 heterocycles. The SMILES string of the molecule is Cc1cccc(C(=O)NCC(=O)N/N=C\c2ccc(OC(=O)c3cccc4ccccc34)cc2)c1. The molecule has 2 amide bonds. The third-order valence-corrected chi connectivity index (χ3v) is 5.19. The topological polar surface area (TPSA) is 96.9 Å². The van der Waals surface area contributed by atoms with Gasteiger partial charge in [-0.2, -0.15) is 5.10 Å². The minimum atomic E-state index is -0.456. The van der Waals surface area contributed by atoms with E-state index in [0.717, 1.165) is 16.3 Å². The Morgan fingerprint density at radius 1 is 0.886 bits per heavy atom. The fraction of sp³-hybridized carbons (Fsp3) is 0.0714. The summed E-state index contributed by atoms with van der Waals surface area (Å²) in [6, 6.07) is 26.9. The molecule has 0 spiro atoms. The summed E-state index contributed by atoms with van der Waals surface area (Å²) >= 11 is 0. The molecule has 7 nitrogen and oxygen atoms in total. The number of benzene rings is 4. The van der Waals surface area contributed by atoms with E-state index < -0.39 is 11.9 Å². The number of esters is 1. The number of ether oxygens (including phenoxy) is 1. The fourth-order valence-corrected chi connectivity index (χ4v) is 3.45. The first-order valence-electron chi connectivity index (χ1n) is 11.0.